The third kappa shape index (κ3) is 30.8. The Morgan fingerprint density at radius 1 is 0.750 bits per heavy atom. The van der Waals surface area contributed by atoms with Gasteiger partial charge in [0.2, 0.25) is 0 Å². The smallest absolute Gasteiger partial charge is 0.859 e. The van der Waals surface area contributed by atoms with Crippen LogP contribution in [-0.2, 0) is 10.1 Å². The molecule has 32 heavy (non-hydrogen) atoms. The normalized spacial score (nSPS) is 12.4. The Balaban J connectivity index is 0. The first-order valence-electron chi connectivity index (χ1n) is 12.8. The fourth-order valence-corrected chi connectivity index (χ4v) is 4.15. The van der Waals surface area contributed by atoms with E-state index in [1.165, 1.54) is 109 Å². The van der Waals surface area contributed by atoms with Gasteiger partial charge in [-0.3, -0.25) is 4.55 Å². The van der Waals surface area contributed by atoms with Gasteiger partial charge in [0.05, 0.1) is 5.75 Å². The molecule has 0 saturated heterocycles. The second-order valence-corrected chi connectivity index (χ2v) is 10.3. The third-order valence-corrected chi connectivity index (χ3v) is 6.37. The molecule has 0 aromatic heterocycles. The van der Waals surface area contributed by atoms with E-state index in [9.17, 15) is 13.5 Å². The SMILES string of the molecule is CCCCCCCCCCCCCCCCCCC/C=C/C([O-])=NCCCS(=O)(=O)O.[K+]. The summed E-state index contributed by atoms with van der Waals surface area (Å²) < 4.78 is 29.7. The maximum absolute atomic E-state index is 11.5. The maximum Gasteiger partial charge on any atom is 1.00 e. The first-order valence-corrected chi connectivity index (χ1v) is 14.4. The average molecular weight is 498 g/mol. The van der Waals surface area contributed by atoms with Gasteiger partial charge in [-0.25, -0.2) is 0 Å². The molecule has 0 heterocycles. The Labute approximate surface area is 241 Å². The summed E-state index contributed by atoms with van der Waals surface area (Å²) in [6.07, 6.45) is 27.4. The molecule has 0 saturated carbocycles. The Morgan fingerprint density at radius 2 is 1.16 bits per heavy atom. The molecule has 7 heteroatoms. The van der Waals surface area contributed by atoms with Crippen LogP contribution in [0.25, 0.3) is 0 Å². The van der Waals surface area contributed by atoms with Gasteiger partial charge >= 0.3 is 51.4 Å². The van der Waals surface area contributed by atoms with Crippen LogP contribution in [0.4, 0.5) is 0 Å². The van der Waals surface area contributed by atoms with Crippen molar-refractivity contribution in [2.75, 3.05) is 12.3 Å². The Morgan fingerprint density at radius 3 is 1.56 bits per heavy atom. The minimum Gasteiger partial charge on any atom is -0.859 e. The average Bonchev–Trinajstić information content (AvgIpc) is 2.72. The minimum absolute atomic E-state index is 0. The van der Waals surface area contributed by atoms with Gasteiger partial charge < -0.3 is 10.1 Å². The van der Waals surface area contributed by atoms with Crippen LogP contribution in [-0.4, -0.2) is 31.2 Å². The fourth-order valence-electron chi connectivity index (χ4n) is 3.66. The van der Waals surface area contributed by atoms with Crippen molar-refractivity contribution in [2.24, 2.45) is 4.99 Å². The van der Waals surface area contributed by atoms with Gasteiger partial charge in [-0.2, -0.15) is 8.42 Å². The molecule has 0 rings (SSSR count). The summed E-state index contributed by atoms with van der Waals surface area (Å²) in [5.74, 6) is -0.686. The molecule has 0 aliphatic rings. The molecular formula is C25H48KNO4S. The van der Waals surface area contributed by atoms with Crippen molar-refractivity contribution in [3.05, 3.63) is 12.2 Å². The Kier molecular flexibility index (Phi) is 28.8. The molecule has 0 bridgehead atoms. The molecule has 0 amide bonds. The Bertz CT molecular complexity index is 550. The number of nitrogens with zero attached hydrogens (tertiary/aromatic N) is 1. The third-order valence-electron chi connectivity index (χ3n) is 5.56. The van der Waals surface area contributed by atoms with Crippen molar-refractivity contribution >= 4 is 16.0 Å². The maximum atomic E-state index is 11.5. The van der Waals surface area contributed by atoms with Gasteiger partial charge in [0, 0.05) is 6.54 Å². The van der Waals surface area contributed by atoms with Crippen molar-refractivity contribution in [1.82, 2.24) is 0 Å². The quantitative estimate of drug-likeness (QED) is 0.0767. The zero-order chi connectivity index (χ0) is 23.0. The van der Waals surface area contributed by atoms with Gasteiger partial charge in [0.1, 0.15) is 0 Å². The van der Waals surface area contributed by atoms with Crippen LogP contribution in [0.5, 0.6) is 0 Å². The van der Waals surface area contributed by atoms with E-state index in [1.807, 2.05) is 6.08 Å². The largest absolute Gasteiger partial charge is 1.00 e. The van der Waals surface area contributed by atoms with Crippen LogP contribution >= 0.6 is 0 Å². The van der Waals surface area contributed by atoms with Gasteiger partial charge in [-0.05, 0) is 25.2 Å². The molecular weight excluding hydrogens is 449 g/mol. The van der Waals surface area contributed by atoms with Crippen LogP contribution in [0.15, 0.2) is 17.1 Å². The first kappa shape index (κ1) is 34.9. The molecule has 5 nitrogen and oxygen atoms in total. The van der Waals surface area contributed by atoms with Crippen molar-refractivity contribution in [3.8, 4) is 0 Å². The zero-order valence-corrected chi connectivity index (χ0v) is 25.0. The molecule has 0 unspecified atom stereocenters. The molecule has 0 aliphatic carbocycles. The predicted molar refractivity (Wildman–Crippen MR) is 131 cm³/mol. The molecule has 1 N–H and O–H groups in total. The van der Waals surface area contributed by atoms with E-state index in [4.69, 9.17) is 4.55 Å². The summed E-state index contributed by atoms with van der Waals surface area (Å²) in [5, 5.41) is 11.5. The van der Waals surface area contributed by atoms with E-state index < -0.39 is 10.1 Å². The van der Waals surface area contributed by atoms with E-state index in [0.717, 1.165) is 12.8 Å². The number of allylic oxidation sites excluding steroid dienone is 1. The summed E-state index contributed by atoms with van der Waals surface area (Å²) in [5.41, 5.74) is 0. The minimum atomic E-state index is -3.96. The number of aliphatic imine (C=N–C) groups is 1. The number of unbranched alkanes of at least 4 members (excludes halogenated alkanes) is 17. The van der Waals surface area contributed by atoms with E-state index in [0.29, 0.717) is 0 Å². The molecule has 0 aromatic rings. The molecule has 0 radical (unpaired) electrons. The van der Waals surface area contributed by atoms with Gasteiger partial charge in [0.25, 0.3) is 10.1 Å². The summed E-state index contributed by atoms with van der Waals surface area (Å²) in [4.78, 5) is 3.74. The number of rotatable bonds is 23. The molecule has 0 spiro atoms. The second-order valence-electron chi connectivity index (χ2n) is 8.71. The molecule has 184 valence electrons. The van der Waals surface area contributed by atoms with E-state index >= 15 is 0 Å². The van der Waals surface area contributed by atoms with Gasteiger partial charge in [-0.15, -0.1) is 0 Å². The van der Waals surface area contributed by atoms with Crippen LogP contribution < -0.4 is 56.5 Å². The monoisotopic (exact) mass is 497 g/mol. The second kappa shape index (κ2) is 26.4. The fraction of sp³-hybridized carbons (Fsp3) is 0.880. The van der Waals surface area contributed by atoms with Gasteiger partial charge in [-0.1, -0.05) is 122 Å². The van der Waals surface area contributed by atoms with Crippen molar-refractivity contribution in [3.63, 3.8) is 0 Å². The van der Waals surface area contributed by atoms with Crippen LogP contribution in [0.2, 0.25) is 0 Å². The van der Waals surface area contributed by atoms with Crippen molar-refractivity contribution in [2.45, 2.75) is 129 Å². The number of hydrogen-bond donors (Lipinski definition) is 1. The van der Waals surface area contributed by atoms with Crippen LogP contribution in [0, 0.1) is 0 Å². The first-order chi connectivity index (χ1) is 15.0. The number of hydrogen-bond acceptors (Lipinski definition) is 4. The van der Waals surface area contributed by atoms with Crippen LogP contribution in [0.3, 0.4) is 0 Å². The zero-order valence-electron chi connectivity index (χ0n) is 21.0. The van der Waals surface area contributed by atoms with E-state index in [2.05, 4.69) is 11.9 Å². The predicted octanol–water partition coefficient (Wildman–Crippen LogP) is 3.63. The molecule has 0 atom stereocenters. The topological polar surface area (TPSA) is 89.8 Å². The molecule has 0 fully saturated rings. The molecule has 0 aliphatic heterocycles. The summed E-state index contributed by atoms with van der Waals surface area (Å²) in [7, 11) is -3.96. The summed E-state index contributed by atoms with van der Waals surface area (Å²) in [6.45, 7) is 2.40. The summed E-state index contributed by atoms with van der Waals surface area (Å²) >= 11 is 0. The van der Waals surface area contributed by atoms with Gasteiger partial charge in [0.15, 0.2) is 0 Å². The Hall–Kier alpha value is 0.756. The van der Waals surface area contributed by atoms with E-state index in [1.54, 1.807) is 0 Å². The van der Waals surface area contributed by atoms with Crippen LogP contribution in [0.1, 0.15) is 129 Å². The van der Waals surface area contributed by atoms with E-state index in [-0.39, 0.29) is 76.0 Å². The van der Waals surface area contributed by atoms with Crippen molar-refractivity contribution in [1.29, 1.82) is 0 Å². The molecule has 0 aromatic carbocycles. The van der Waals surface area contributed by atoms with Crippen molar-refractivity contribution < 1.29 is 69.5 Å². The standard InChI is InChI=1S/C25H49NO4S.K/c1-2-3-4-5-6-7-8-9-10-11-12-13-14-15-16-17-18-19-20-22-25(27)26-23-21-24-31(28,29)30;/h20,22H,2-19,21,23-24H2,1H3,(H,26,27)(H,28,29,30);/q;+1/p-1/b22-20+;. The summed E-state index contributed by atoms with van der Waals surface area (Å²) in [6, 6.07) is 0.